The zero-order valence-corrected chi connectivity index (χ0v) is 18.3. The van der Waals surface area contributed by atoms with E-state index < -0.39 is 29.4 Å². The fourth-order valence-corrected chi connectivity index (χ4v) is 3.93. The number of hydrogen-bond acceptors (Lipinski definition) is 6. The summed E-state index contributed by atoms with van der Waals surface area (Å²) in [5.41, 5.74) is 0.833. The number of benzene rings is 2. The number of rotatable bonds is 6. The Hall–Kier alpha value is -2.85. The quantitative estimate of drug-likeness (QED) is 0.603. The van der Waals surface area contributed by atoms with Gasteiger partial charge in [-0.25, -0.2) is 4.39 Å². The van der Waals surface area contributed by atoms with Crippen molar-refractivity contribution in [2.75, 3.05) is 26.1 Å². The number of methoxy groups -OCH3 is 2. The second-order valence-electron chi connectivity index (χ2n) is 6.06. The molecule has 7 nitrogen and oxygen atoms in total. The van der Waals surface area contributed by atoms with E-state index >= 15 is 0 Å². The Morgan fingerprint density at radius 2 is 1.90 bits per heavy atom. The third kappa shape index (κ3) is 4.82. The van der Waals surface area contributed by atoms with E-state index in [2.05, 4.69) is 21.2 Å². The summed E-state index contributed by atoms with van der Waals surface area (Å²) in [5.74, 6) is -0.760. The minimum Gasteiger partial charge on any atom is -0.493 e. The third-order valence-corrected chi connectivity index (χ3v) is 5.67. The topological polar surface area (TPSA) is 84.9 Å². The average Bonchev–Trinajstić information content (AvgIpc) is 2.96. The predicted octanol–water partition coefficient (Wildman–Crippen LogP) is 4.28. The molecule has 156 valence electrons. The number of carbonyl (C=O) groups is 3. The molecule has 0 aliphatic carbocycles. The van der Waals surface area contributed by atoms with Crippen molar-refractivity contribution in [3.8, 4) is 11.5 Å². The number of ether oxygens (including phenoxy) is 2. The number of hydrogen-bond donors (Lipinski definition) is 1. The summed E-state index contributed by atoms with van der Waals surface area (Å²) in [6.45, 7) is -0.481. The maximum Gasteiger partial charge on any atom is 0.294 e. The molecule has 1 saturated heterocycles. The molecule has 2 aromatic carbocycles. The first-order valence-corrected chi connectivity index (χ1v) is 10.2. The van der Waals surface area contributed by atoms with Crippen LogP contribution in [-0.2, 0) is 9.59 Å². The summed E-state index contributed by atoms with van der Waals surface area (Å²) < 4.78 is 24.4. The Bertz CT molecular complexity index is 1060. The first-order valence-electron chi connectivity index (χ1n) is 8.54. The molecule has 1 N–H and O–H groups in total. The van der Waals surface area contributed by atoms with Gasteiger partial charge in [0.25, 0.3) is 11.1 Å². The summed E-state index contributed by atoms with van der Waals surface area (Å²) in [4.78, 5) is 38.1. The Morgan fingerprint density at radius 3 is 2.57 bits per heavy atom. The van der Waals surface area contributed by atoms with Crippen LogP contribution in [0.5, 0.6) is 11.5 Å². The van der Waals surface area contributed by atoms with Gasteiger partial charge in [-0.2, -0.15) is 0 Å². The molecule has 0 radical (unpaired) electrons. The molecule has 3 amide bonds. The minimum atomic E-state index is -0.614. The average molecular weight is 495 g/mol. The van der Waals surface area contributed by atoms with Crippen molar-refractivity contribution in [1.82, 2.24) is 4.90 Å². The summed E-state index contributed by atoms with van der Waals surface area (Å²) >= 11 is 4.12. The minimum absolute atomic E-state index is 0.159. The van der Waals surface area contributed by atoms with Crippen molar-refractivity contribution >= 4 is 56.5 Å². The van der Waals surface area contributed by atoms with E-state index in [4.69, 9.17) is 9.47 Å². The molecule has 1 aliphatic heterocycles. The summed E-state index contributed by atoms with van der Waals surface area (Å²) in [6, 6.07) is 8.66. The first kappa shape index (κ1) is 21.8. The molecule has 3 rings (SSSR count). The number of anilines is 1. The van der Waals surface area contributed by atoms with Gasteiger partial charge in [0.15, 0.2) is 11.5 Å². The zero-order chi connectivity index (χ0) is 21.8. The molecular weight excluding hydrogens is 479 g/mol. The summed E-state index contributed by atoms with van der Waals surface area (Å²) in [5, 5.41) is 1.89. The van der Waals surface area contributed by atoms with Gasteiger partial charge in [-0.15, -0.1) is 0 Å². The van der Waals surface area contributed by atoms with Crippen LogP contribution in [0.25, 0.3) is 6.08 Å². The van der Waals surface area contributed by atoms with Crippen LogP contribution in [0.1, 0.15) is 5.56 Å². The zero-order valence-electron chi connectivity index (χ0n) is 15.9. The van der Waals surface area contributed by atoms with Crippen molar-refractivity contribution in [3.05, 3.63) is 57.2 Å². The van der Waals surface area contributed by atoms with E-state index in [9.17, 15) is 18.8 Å². The van der Waals surface area contributed by atoms with E-state index in [-0.39, 0.29) is 10.6 Å². The van der Waals surface area contributed by atoms with Crippen molar-refractivity contribution in [3.63, 3.8) is 0 Å². The number of nitrogens with one attached hydrogen (secondary N) is 1. The highest BCUT2D eigenvalue weighted by atomic mass is 79.9. The van der Waals surface area contributed by atoms with Gasteiger partial charge in [0.1, 0.15) is 12.4 Å². The fourth-order valence-electron chi connectivity index (χ4n) is 2.67. The number of halogens is 2. The van der Waals surface area contributed by atoms with Crippen LogP contribution in [-0.4, -0.2) is 42.7 Å². The number of nitrogens with zero attached hydrogens (tertiary/aromatic N) is 1. The number of imide groups is 1. The van der Waals surface area contributed by atoms with Crippen molar-refractivity contribution in [2.24, 2.45) is 0 Å². The van der Waals surface area contributed by atoms with Gasteiger partial charge in [-0.3, -0.25) is 19.3 Å². The maximum atomic E-state index is 13.2. The van der Waals surface area contributed by atoms with Gasteiger partial charge in [-0.05, 0) is 53.7 Å². The molecule has 30 heavy (non-hydrogen) atoms. The van der Waals surface area contributed by atoms with Crippen molar-refractivity contribution < 1.29 is 28.2 Å². The van der Waals surface area contributed by atoms with E-state index in [1.54, 1.807) is 12.1 Å². The van der Waals surface area contributed by atoms with Crippen LogP contribution in [0, 0.1) is 5.82 Å². The monoisotopic (exact) mass is 494 g/mol. The lowest BCUT2D eigenvalue weighted by atomic mass is 10.2. The number of carbonyl (C=O) groups excluding carboxylic acids is 3. The Kier molecular flexibility index (Phi) is 6.78. The summed E-state index contributed by atoms with van der Waals surface area (Å²) in [6.07, 6.45) is 1.53. The Morgan fingerprint density at radius 1 is 1.20 bits per heavy atom. The number of thioether (sulfide) groups is 1. The van der Waals surface area contributed by atoms with Crippen LogP contribution in [0.4, 0.5) is 14.9 Å². The molecular formula is C20H16BrFN2O5S. The largest absolute Gasteiger partial charge is 0.493 e. The third-order valence-electron chi connectivity index (χ3n) is 4.07. The lowest BCUT2D eigenvalue weighted by molar-refractivity contribution is -0.127. The van der Waals surface area contributed by atoms with Crippen molar-refractivity contribution in [1.29, 1.82) is 0 Å². The molecule has 1 heterocycles. The normalized spacial score (nSPS) is 14.9. The molecule has 0 saturated carbocycles. The van der Waals surface area contributed by atoms with E-state index in [0.717, 1.165) is 22.7 Å². The lowest BCUT2D eigenvalue weighted by Crippen LogP contribution is -2.36. The molecule has 0 aromatic heterocycles. The van der Waals surface area contributed by atoms with E-state index in [1.165, 1.54) is 38.5 Å². The first-order chi connectivity index (χ1) is 14.3. The highest BCUT2D eigenvalue weighted by Crippen LogP contribution is 2.37. The van der Waals surface area contributed by atoms with Crippen LogP contribution in [0.3, 0.4) is 0 Å². The highest BCUT2D eigenvalue weighted by molar-refractivity contribution is 9.10. The fraction of sp³-hybridized carbons (Fsp3) is 0.150. The molecule has 2 aromatic rings. The lowest BCUT2D eigenvalue weighted by Gasteiger charge is -2.12. The second kappa shape index (κ2) is 9.31. The van der Waals surface area contributed by atoms with Crippen LogP contribution in [0.15, 0.2) is 45.8 Å². The smallest absolute Gasteiger partial charge is 0.294 e. The second-order valence-corrected chi connectivity index (χ2v) is 7.90. The van der Waals surface area contributed by atoms with Crippen LogP contribution in [0.2, 0.25) is 0 Å². The molecule has 0 bridgehead atoms. The molecule has 1 fully saturated rings. The highest BCUT2D eigenvalue weighted by Gasteiger charge is 2.36. The predicted molar refractivity (Wildman–Crippen MR) is 115 cm³/mol. The SMILES string of the molecule is COc1cc(Br)c(/C=C2/SC(=O)N(CC(=O)Nc3cccc(F)c3)C2=O)cc1OC. The van der Waals surface area contributed by atoms with Crippen LogP contribution >= 0.6 is 27.7 Å². The maximum absolute atomic E-state index is 13.2. The Labute approximate surface area is 184 Å². The van der Waals surface area contributed by atoms with Gasteiger partial charge in [0.05, 0.1) is 19.1 Å². The van der Waals surface area contributed by atoms with Crippen LogP contribution < -0.4 is 14.8 Å². The van der Waals surface area contributed by atoms with E-state index in [0.29, 0.717) is 21.5 Å². The number of amides is 3. The molecule has 0 unspecified atom stereocenters. The molecule has 1 aliphatic rings. The molecule has 0 atom stereocenters. The van der Waals surface area contributed by atoms with E-state index in [1.807, 2.05) is 0 Å². The Balaban J connectivity index is 1.77. The molecule has 10 heteroatoms. The van der Waals surface area contributed by atoms with Gasteiger partial charge in [-0.1, -0.05) is 22.0 Å². The summed E-state index contributed by atoms with van der Waals surface area (Å²) in [7, 11) is 2.99. The van der Waals surface area contributed by atoms with Gasteiger partial charge >= 0.3 is 0 Å². The van der Waals surface area contributed by atoms with Gasteiger partial charge < -0.3 is 14.8 Å². The molecule has 0 spiro atoms. The van der Waals surface area contributed by atoms with Gasteiger partial charge in [0.2, 0.25) is 5.91 Å². The van der Waals surface area contributed by atoms with Crippen molar-refractivity contribution in [2.45, 2.75) is 0 Å². The standard InChI is InChI=1S/C20H16BrFN2O5S/c1-28-15-6-11(14(21)9-16(15)29-2)7-17-19(26)24(20(27)30-17)10-18(25)23-13-5-3-4-12(22)8-13/h3-9H,10H2,1-2H3,(H,23,25)/b17-7+. The van der Waals surface area contributed by atoms with Gasteiger partial charge in [0, 0.05) is 10.2 Å².